The van der Waals surface area contributed by atoms with Crippen molar-refractivity contribution in [2.24, 2.45) is 0 Å². The monoisotopic (exact) mass is 344 g/mol. The van der Waals surface area contributed by atoms with Crippen LogP contribution in [0.25, 0.3) is 0 Å². The second-order valence-corrected chi connectivity index (χ2v) is 5.89. The van der Waals surface area contributed by atoms with E-state index in [2.05, 4.69) is 0 Å². The van der Waals surface area contributed by atoms with E-state index in [1.54, 1.807) is 18.2 Å². The van der Waals surface area contributed by atoms with Gasteiger partial charge in [0.15, 0.2) is 5.78 Å². The summed E-state index contributed by atoms with van der Waals surface area (Å²) in [6, 6.07) is 10.3. The fourth-order valence-electron chi connectivity index (χ4n) is 2.71. The number of amides is 1. The summed E-state index contributed by atoms with van der Waals surface area (Å²) in [6.45, 7) is 0.399. The maximum Gasteiger partial charge on any atom is 0.269 e. The van der Waals surface area contributed by atoms with Gasteiger partial charge in [0.05, 0.1) is 10.6 Å². The number of Topliss-reactive ketones (excluding diaryl/α,β-unsaturated/α-hetero) is 1. The predicted molar refractivity (Wildman–Crippen MR) is 89.8 cm³/mol. The molecule has 1 aliphatic heterocycles. The Balaban J connectivity index is 1.99. The lowest BCUT2D eigenvalue weighted by atomic mass is 10.1. The first kappa shape index (κ1) is 16.1. The highest BCUT2D eigenvalue weighted by molar-refractivity contribution is 6.31. The van der Waals surface area contributed by atoms with Crippen molar-refractivity contribution in [1.29, 1.82) is 0 Å². The molecule has 1 amide bonds. The lowest BCUT2D eigenvalue weighted by Gasteiger charge is -2.22. The summed E-state index contributed by atoms with van der Waals surface area (Å²) >= 11 is 5.97. The molecule has 24 heavy (non-hydrogen) atoms. The molecule has 0 unspecified atom stereocenters. The number of rotatable bonds is 2. The Bertz CT molecular complexity index is 833. The molecule has 0 saturated carbocycles. The van der Waals surface area contributed by atoms with Crippen LogP contribution in [0.4, 0.5) is 11.4 Å². The van der Waals surface area contributed by atoms with Gasteiger partial charge in [0.25, 0.3) is 11.6 Å². The van der Waals surface area contributed by atoms with Crippen molar-refractivity contribution in [3.63, 3.8) is 0 Å². The topological polar surface area (TPSA) is 80.5 Å². The van der Waals surface area contributed by atoms with Crippen LogP contribution in [0.3, 0.4) is 0 Å². The number of carbonyl (C=O) groups excluding carboxylic acids is 2. The van der Waals surface area contributed by atoms with Gasteiger partial charge in [-0.2, -0.15) is 0 Å². The molecule has 2 aromatic carbocycles. The molecule has 0 fully saturated rings. The number of fused-ring (bicyclic) bond motifs is 1. The van der Waals surface area contributed by atoms with Crippen molar-refractivity contribution >= 4 is 34.7 Å². The van der Waals surface area contributed by atoms with Gasteiger partial charge in [-0.25, -0.2) is 0 Å². The van der Waals surface area contributed by atoms with Crippen molar-refractivity contribution < 1.29 is 14.5 Å². The minimum Gasteiger partial charge on any atom is -0.308 e. The Morgan fingerprint density at radius 3 is 2.54 bits per heavy atom. The van der Waals surface area contributed by atoms with Crippen molar-refractivity contribution in [3.8, 4) is 0 Å². The van der Waals surface area contributed by atoms with E-state index in [4.69, 9.17) is 11.6 Å². The molecule has 7 heteroatoms. The Hall–Kier alpha value is -2.73. The summed E-state index contributed by atoms with van der Waals surface area (Å²) in [4.78, 5) is 36.7. The summed E-state index contributed by atoms with van der Waals surface area (Å²) in [5, 5.41) is 11.2. The summed E-state index contributed by atoms with van der Waals surface area (Å²) in [5.74, 6) is -0.352. The Morgan fingerprint density at radius 2 is 1.88 bits per heavy atom. The van der Waals surface area contributed by atoms with E-state index in [1.165, 1.54) is 29.2 Å². The third kappa shape index (κ3) is 3.00. The number of nitro groups is 1. The molecule has 0 N–H and O–H groups in total. The molecule has 3 rings (SSSR count). The maximum absolute atomic E-state index is 12.8. The normalized spacial score (nSPS) is 14.0. The van der Waals surface area contributed by atoms with E-state index in [0.717, 1.165) is 0 Å². The first-order chi connectivity index (χ1) is 11.5. The summed E-state index contributed by atoms with van der Waals surface area (Å²) in [7, 11) is 0. The zero-order valence-electron chi connectivity index (χ0n) is 12.6. The molecular weight excluding hydrogens is 332 g/mol. The molecular formula is C17H13ClN2O4. The summed E-state index contributed by atoms with van der Waals surface area (Å²) < 4.78 is 0. The number of anilines is 1. The van der Waals surface area contributed by atoms with Crippen LogP contribution in [0, 0.1) is 10.1 Å². The van der Waals surface area contributed by atoms with Gasteiger partial charge in [0.2, 0.25) is 0 Å². The molecule has 0 radical (unpaired) electrons. The average Bonchev–Trinajstić information content (AvgIpc) is 2.73. The fourth-order valence-corrected chi connectivity index (χ4v) is 2.88. The number of halogens is 1. The molecule has 0 spiro atoms. The maximum atomic E-state index is 12.8. The molecule has 0 aliphatic carbocycles. The minimum absolute atomic E-state index is 0.0495. The van der Waals surface area contributed by atoms with Crippen LogP contribution in [-0.4, -0.2) is 23.2 Å². The number of non-ortho nitro benzene ring substituents is 1. The number of hydrogen-bond donors (Lipinski definition) is 0. The quantitative estimate of drug-likeness (QED) is 0.611. The number of nitro benzene ring substituents is 1. The fraction of sp³-hybridized carbons (Fsp3) is 0.176. The van der Waals surface area contributed by atoms with Crippen LogP contribution < -0.4 is 4.90 Å². The Kier molecular flexibility index (Phi) is 4.31. The molecule has 1 heterocycles. The largest absolute Gasteiger partial charge is 0.308 e. The third-order valence-electron chi connectivity index (χ3n) is 3.91. The van der Waals surface area contributed by atoms with Gasteiger partial charge in [-0.05, 0) is 36.8 Å². The molecule has 6 nitrogen and oxygen atoms in total. The van der Waals surface area contributed by atoms with E-state index >= 15 is 0 Å². The third-order valence-corrected chi connectivity index (χ3v) is 4.14. The van der Waals surface area contributed by atoms with Crippen molar-refractivity contribution in [2.45, 2.75) is 12.8 Å². The van der Waals surface area contributed by atoms with Crippen molar-refractivity contribution in [2.75, 3.05) is 11.4 Å². The van der Waals surface area contributed by atoms with Gasteiger partial charge in [0.1, 0.15) is 0 Å². The second kappa shape index (κ2) is 6.41. The zero-order valence-corrected chi connectivity index (χ0v) is 13.3. The van der Waals surface area contributed by atoms with Crippen LogP contribution in [0.15, 0.2) is 42.5 Å². The molecule has 2 aromatic rings. The molecule has 0 bridgehead atoms. The van der Waals surface area contributed by atoms with Crippen molar-refractivity contribution in [3.05, 3.63) is 68.7 Å². The van der Waals surface area contributed by atoms with E-state index in [0.29, 0.717) is 41.2 Å². The van der Waals surface area contributed by atoms with Crippen molar-refractivity contribution in [1.82, 2.24) is 0 Å². The van der Waals surface area contributed by atoms with E-state index in [9.17, 15) is 19.7 Å². The molecule has 1 aliphatic rings. The predicted octanol–water partition coefficient (Wildman–Crippen LogP) is 3.87. The van der Waals surface area contributed by atoms with Gasteiger partial charge < -0.3 is 4.90 Å². The highest BCUT2D eigenvalue weighted by atomic mass is 35.5. The minimum atomic E-state index is -0.518. The first-order valence-electron chi connectivity index (χ1n) is 7.36. The second-order valence-electron chi connectivity index (χ2n) is 5.45. The van der Waals surface area contributed by atoms with Gasteiger partial charge >= 0.3 is 0 Å². The zero-order chi connectivity index (χ0) is 17.3. The van der Waals surface area contributed by atoms with Crippen LogP contribution in [-0.2, 0) is 0 Å². The summed E-state index contributed by atoms with van der Waals surface area (Å²) in [5.41, 5.74) is 1.20. The van der Waals surface area contributed by atoms with E-state index < -0.39 is 4.92 Å². The van der Waals surface area contributed by atoms with Gasteiger partial charge in [0, 0.05) is 41.2 Å². The van der Waals surface area contributed by atoms with Crippen LogP contribution >= 0.6 is 11.6 Å². The average molecular weight is 345 g/mol. The number of ketones is 1. The van der Waals surface area contributed by atoms with Crippen LogP contribution in [0.2, 0.25) is 5.02 Å². The molecule has 0 aromatic heterocycles. The van der Waals surface area contributed by atoms with Gasteiger partial charge in [-0.3, -0.25) is 19.7 Å². The number of carbonyl (C=O) groups is 2. The lowest BCUT2D eigenvalue weighted by Crippen LogP contribution is -2.31. The highest BCUT2D eigenvalue weighted by Gasteiger charge is 2.26. The van der Waals surface area contributed by atoms with Crippen LogP contribution in [0.5, 0.6) is 0 Å². The number of nitrogens with zero attached hydrogens (tertiary/aromatic N) is 2. The number of benzene rings is 2. The van der Waals surface area contributed by atoms with E-state index in [1.807, 2.05) is 0 Å². The lowest BCUT2D eigenvalue weighted by molar-refractivity contribution is -0.384. The number of hydrogen-bond acceptors (Lipinski definition) is 4. The Labute approximate surface area is 142 Å². The highest BCUT2D eigenvalue weighted by Crippen LogP contribution is 2.30. The molecule has 0 atom stereocenters. The first-order valence-corrected chi connectivity index (χ1v) is 7.74. The SMILES string of the molecule is O=C1CCCN(C(=O)c2ccc([N+](=O)[O-])cc2)c2ccc(Cl)cc21. The Morgan fingerprint density at radius 1 is 1.17 bits per heavy atom. The van der Waals surface area contributed by atoms with Crippen LogP contribution in [0.1, 0.15) is 33.6 Å². The van der Waals surface area contributed by atoms with E-state index in [-0.39, 0.29) is 17.4 Å². The summed E-state index contributed by atoms with van der Waals surface area (Å²) in [6.07, 6.45) is 0.890. The molecule has 122 valence electrons. The van der Waals surface area contributed by atoms with Gasteiger partial charge in [-0.1, -0.05) is 11.6 Å². The molecule has 0 saturated heterocycles. The van der Waals surface area contributed by atoms with Gasteiger partial charge in [-0.15, -0.1) is 0 Å². The smallest absolute Gasteiger partial charge is 0.269 e. The standard InChI is InChI=1S/C17H13ClN2O4/c18-12-5-8-15-14(10-12)16(21)2-1-9-19(15)17(22)11-3-6-13(7-4-11)20(23)24/h3-8,10H,1-2,9H2.